The first kappa shape index (κ1) is 22.1. The summed E-state index contributed by atoms with van der Waals surface area (Å²) in [6.45, 7) is 7.49. The Labute approximate surface area is 188 Å². The lowest BCUT2D eigenvalue weighted by Crippen LogP contribution is -2.40. The van der Waals surface area contributed by atoms with Gasteiger partial charge in [0, 0.05) is 43.2 Å². The van der Waals surface area contributed by atoms with Crippen molar-refractivity contribution in [3.05, 3.63) is 65.5 Å². The molecule has 2 fully saturated rings. The molecule has 2 N–H and O–H groups in total. The van der Waals surface area contributed by atoms with Crippen LogP contribution in [0.1, 0.15) is 31.9 Å². The summed E-state index contributed by atoms with van der Waals surface area (Å²) in [5.41, 5.74) is 2.40. The average Bonchev–Trinajstić information content (AvgIpc) is 3.15. The van der Waals surface area contributed by atoms with E-state index in [2.05, 4.69) is 10.6 Å². The lowest BCUT2D eigenvalue weighted by Gasteiger charge is -2.22. The number of ether oxygens (including phenoxy) is 1. The van der Waals surface area contributed by atoms with Crippen LogP contribution < -0.4 is 10.6 Å². The van der Waals surface area contributed by atoms with Crippen LogP contribution in [0.2, 0.25) is 0 Å². The zero-order valence-corrected chi connectivity index (χ0v) is 18.7. The fraction of sp³-hybridized carbons (Fsp3) is 0.440. The molecule has 2 aliphatic rings. The van der Waals surface area contributed by atoms with Crippen molar-refractivity contribution in [1.82, 2.24) is 10.2 Å². The number of nitrogens with one attached hydrogen (secondary N) is 2. The highest BCUT2D eigenvalue weighted by atomic mass is 19.1. The van der Waals surface area contributed by atoms with Gasteiger partial charge in [-0.3, -0.25) is 4.79 Å². The Morgan fingerprint density at radius 3 is 2.19 bits per heavy atom. The molecule has 3 atom stereocenters. The first-order chi connectivity index (χ1) is 15.2. The molecule has 2 aromatic rings. The first-order valence-electron chi connectivity index (χ1n) is 11.0. The molecular formula is C25H30FN3O3. The maximum atomic E-state index is 13.0. The van der Waals surface area contributed by atoms with E-state index in [0.717, 1.165) is 16.8 Å². The third-order valence-corrected chi connectivity index (χ3v) is 5.95. The van der Waals surface area contributed by atoms with Gasteiger partial charge in [0.15, 0.2) is 0 Å². The number of carbonyl (C=O) groups is 2. The highest BCUT2D eigenvalue weighted by molar-refractivity contribution is 5.79. The monoisotopic (exact) mass is 439 g/mol. The Hall–Kier alpha value is -3.09. The van der Waals surface area contributed by atoms with Crippen molar-refractivity contribution in [3.8, 4) is 0 Å². The molecule has 170 valence electrons. The number of piperidine rings is 1. The fourth-order valence-corrected chi connectivity index (χ4v) is 4.22. The van der Waals surface area contributed by atoms with Crippen molar-refractivity contribution in [1.29, 1.82) is 0 Å². The van der Waals surface area contributed by atoms with Gasteiger partial charge in [0.1, 0.15) is 11.4 Å². The molecule has 1 saturated heterocycles. The maximum absolute atomic E-state index is 13.0. The van der Waals surface area contributed by atoms with E-state index in [4.69, 9.17) is 4.74 Å². The molecule has 1 heterocycles. The minimum atomic E-state index is -0.512. The number of likely N-dealkylation sites (tertiary alicyclic amines) is 1. The quantitative estimate of drug-likeness (QED) is 0.715. The number of fused-ring (bicyclic) bond motifs is 1. The topological polar surface area (TPSA) is 70.7 Å². The zero-order chi connectivity index (χ0) is 22.9. The lowest BCUT2D eigenvalue weighted by molar-refractivity contribution is -0.130. The fourth-order valence-electron chi connectivity index (χ4n) is 4.22. The van der Waals surface area contributed by atoms with E-state index in [-0.39, 0.29) is 23.9 Å². The first-order valence-corrected chi connectivity index (χ1v) is 11.0. The second-order valence-corrected chi connectivity index (χ2v) is 9.65. The van der Waals surface area contributed by atoms with Crippen molar-refractivity contribution >= 4 is 17.7 Å². The summed E-state index contributed by atoms with van der Waals surface area (Å²) >= 11 is 0. The molecular weight excluding hydrogens is 409 g/mol. The predicted octanol–water partition coefficient (Wildman–Crippen LogP) is 3.96. The molecule has 2 aromatic carbocycles. The predicted molar refractivity (Wildman–Crippen MR) is 121 cm³/mol. The summed E-state index contributed by atoms with van der Waals surface area (Å²) in [6.07, 6.45) is -0.0233. The van der Waals surface area contributed by atoms with Crippen molar-refractivity contribution in [2.24, 2.45) is 11.8 Å². The number of hydrogen-bond acceptors (Lipinski definition) is 4. The molecule has 32 heavy (non-hydrogen) atoms. The Morgan fingerprint density at radius 1 is 1.00 bits per heavy atom. The largest absolute Gasteiger partial charge is 0.444 e. The van der Waals surface area contributed by atoms with Crippen molar-refractivity contribution in [2.75, 3.05) is 18.4 Å². The van der Waals surface area contributed by atoms with Crippen LogP contribution in [0.15, 0.2) is 48.5 Å². The van der Waals surface area contributed by atoms with Crippen LogP contribution in [0.4, 0.5) is 14.9 Å². The van der Waals surface area contributed by atoms with Gasteiger partial charge in [0.25, 0.3) is 0 Å². The number of halogens is 1. The molecule has 1 aliphatic carbocycles. The molecule has 0 radical (unpaired) electrons. The van der Waals surface area contributed by atoms with Crippen LogP contribution in [0.25, 0.3) is 0 Å². The highest BCUT2D eigenvalue weighted by Crippen LogP contribution is 2.45. The molecule has 0 bridgehead atoms. The molecule has 1 unspecified atom stereocenters. The van der Waals surface area contributed by atoms with Gasteiger partial charge in [-0.15, -0.1) is 0 Å². The Bertz CT molecular complexity index is 957. The van der Waals surface area contributed by atoms with Crippen LogP contribution in [0, 0.1) is 17.7 Å². The Morgan fingerprint density at radius 2 is 1.59 bits per heavy atom. The number of nitrogens with zero attached hydrogens (tertiary/aromatic N) is 1. The number of alkyl carbamates (subject to hydrolysis) is 1. The van der Waals surface area contributed by atoms with Crippen molar-refractivity contribution < 1.29 is 18.7 Å². The number of benzene rings is 2. The molecule has 0 aromatic heterocycles. The van der Waals surface area contributed by atoms with Crippen molar-refractivity contribution in [2.45, 2.75) is 45.4 Å². The number of anilines is 1. The normalized spacial score (nSPS) is 21.6. The van der Waals surface area contributed by atoms with E-state index in [9.17, 15) is 14.0 Å². The van der Waals surface area contributed by atoms with Crippen LogP contribution >= 0.6 is 0 Å². The third-order valence-electron chi connectivity index (χ3n) is 5.95. The molecule has 1 aliphatic heterocycles. The van der Waals surface area contributed by atoms with Gasteiger partial charge in [-0.05, 0) is 56.2 Å². The van der Waals surface area contributed by atoms with Crippen LogP contribution in [-0.2, 0) is 22.5 Å². The molecule has 7 heteroatoms. The SMILES string of the molecule is CC(C)(C)OC(=O)NC1[C@H]2CN(C(=O)Cc3ccc(NCc4ccc(F)cc4)cc3)C[C@@H]12. The van der Waals surface area contributed by atoms with Gasteiger partial charge in [0.2, 0.25) is 5.91 Å². The van der Waals surface area contributed by atoms with E-state index in [1.54, 1.807) is 12.1 Å². The average molecular weight is 440 g/mol. The van der Waals surface area contributed by atoms with Crippen LogP contribution in [0.5, 0.6) is 0 Å². The summed E-state index contributed by atoms with van der Waals surface area (Å²) < 4.78 is 18.3. The Kier molecular flexibility index (Phi) is 6.09. The number of amides is 2. The lowest BCUT2D eigenvalue weighted by atomic mass is 10.1. The number of rotatable bonds is 6. The smallest absolute Gasteiger partial charge is 0.407 e. The minimum absolute atomic E-state index is 0.111. The number of carbonyl (C=O) groups excluding carboxylic acids is 2. The third kappa shape index (κ3) is 5.58. The molecule has 4 rings (SSSR count). The van der Waals surface area contributed by atoms with Crippen molar-refractivity contribution in [3.63, 3.8) is 0 Å². The zero-order valence-electron chi connectivity index (χ0n) is 18.7. The Balaban J connectivity index is 1.20. The second kappa shape index (κ2) is 8.81. The minimum Gasteiger partial charge on any atom is -0.444 e. The van der Waals surface area contributed by atoms with E-state index in [0.29, 0.717) is 37.9 Å². The van der Waals surface area contributed by atoms with Gasteiger partial charge in [-0.25, -0.2) is 9.18 Å². The summed E-state index contributed by atoms with van der Waals surface area (Å²) in [7, 11) is 0. The van der Waals surface area contributed by atoms with E-state index in [1.165, 1.54) is 12.1 Å². The second-order valence-electron chi connectivity index (χ2n) is 9.65. The van der Waals surface area contributed by atoms with Crippen LogP contribution in [0.3, 0.4) is 0 Å². The highest BCUT2D eigenvalue weighted by Gasteiger charge is 2.57. The molecule has 2 amide bonds. The molecule has 1 saturated carbocycles. The van der Waals surface area contributed by atoms with E-state index in [1.807, 2.05) is 49.9 Å². The summed E-state index contributed by atoms with van der Waals surface area (Å²) in [6, 6.07) is 14.3. The maximum Gasteiger partial charge on any atom is 0.407 e. The van der Waals surface area contributed by atoms with E-state index >= 15 is 0 Å². The van der Waals surface area contributed by atoms with Gasteiger partial charge in [-0.1, -0.05) is 24.3 Å². The van der Waals surface area contributed by atoms with E-state index < -0.39 is 5.60 Å². The molecule has 6 nitrogen and oxygen atoms in total. The summed E-state index contributed by atoms with van der Waals surface area (Å²) in [4.78, 5) is 26.5. The van der Waals surface area contributed by atoms with Gasteiger partial charge in [-0.2, -0.15) is 0 Å². The van der Waals surface area contributed by atoms with Gasteiger partial charge < -0.3 is 20.3 Å². The van der Waals surface area contributed by atoms with Gasteiger partial charge in [0.05, 0.1) is 6.42 Å². The van der Waals surface area contributed by atoms with Gasteiger partial charge >= 0.3 is 6.09 Å². The number of hydrogen-bond donors (Lipinski definition) is 2. The molecule has 0 spiro atoms. The van der Waals surface area contributed by atoms with Crippen LogP contribution in [-0.4, -0.2) is 41.6 Å². The summed E-state index contributed by atoms with van der Waals surface area (Å²) in [5.74, 6) is 0.516. The standard InChI is InChI=1S/C25H30FN3O3/c1-25(2,3)32-24(31)28-23-20-14-29(15-21(20)23)22(30)12-16-6-10-19(11-7-16)27-13-17-4-8-18(26)9-5-17/h4-11,20-21,23,27H,12-15H2,1-3H3,(H,28,31)/t20-,21+,23?. The summed E-state index contributed by atoms with van der Waals surface area (Å²) in [5, 5.41) is 6.23.